The molecule has 5 aliphatic rings. The van der Waals surface area contributed by atoms with Gasteiger partial charge in [0.05, 0.1) is 5.56 Å². The van der Waals surface area contributed by atoms with Gasteiger partial charge in [-0.2, -0.15) is 0 Å². The average Bonchev–Trinajstić information content (AvgIpc) is 2.74. The number of hydrogen-bond donors (Lipinski definition) is 2. The molecular weight excluding hydrogens is 356 g/mol. The zero-order valence-electron chi connectivity index (χ0n) is 16.0. The first-order chi connectivity index (χ1) is 13.0. The van der Waals surface area contributed by atoms with Crippen molar-refractivity contribution in [2.24, 2.45) is 28.9 Å². The Balaban J connectivity index is 1.35. The van der Waals surface area contributed by atoms with Crippen LogP contribution in [0.4, 0.5) is 5.00 Å². The van der Waals surface area contributed by atoms with Gasteiger partial charge in [0.15, 0.2) is 0 Å². The Morgan fingerprint density at radius 2 is 1.63 bits per heavy atom. The first-order valence-corrected chi connectivity index (χ1v) is 11.6. The maximum Gasteiger partial charge on any atom is 0.251 e. The molecule has 6 rings (SSSR count). The van der Waals surface area contributed by atoms with Gasteiger partial charge in [0.1, 0.15) is 5.00 Å². The van der Waals surface area contributed by atoms with Crippen LogP contribution in [-0.2, 0) is 17.6 Å². The van der Waals surface area contributed by atoms with Gasteiger partial charge in [-0.1, -0.05) is 6.42 Å². The van der Waals surface area contributed by atoms with Gasteiger partial charge < -0.3 is 11.1 Å². The van der Waals surface area contributed by atoms with E-state index in [1.165, 1.54) is 49.8 Å². The van der Waals surface area contributed by atoms with E-state index in [0.29, 0.717) is 17.0 Å². The highest BCUT2D eigenvalue weighted by atomic mass is 32.1. The smallest absolute Gasteiger partial charge is 0.251 e. The number of carbonyl (C=O) groups excluding carboxylic acids is 2. The normalized spacial score (nSPS) is 34.1. The molecule has 0 aliphatic heterocycles. The molecule has 0 spiro atoms. The summed E-state index contributed by atoms with van der Waals surface area (Å²) in [5.41, 5.74) is 7.64. The van der Waals surface area contributed by atoms with Gasteiger partial charge in [0.25, 0.3) is 5.91 Å². The van der Waals surface area contributed by atoms with Crippen molar-refractivity contribution in [1.29, 1.82) is 0 Å². The Labute approximate surface area is 165 Å². The van der Waals surface area contributed by atoms with Crippen molar-refractivity contribution in [3.63, 3.8) is 0 Å². The van der Waals surface area contributed by atoms with Crippen LogP contribution in [0.1, 0.15) is 85.0 Å². The average molecular weight is 387 g/mol. The highest BCUT2D eigenvalue weighted by Crippen LogP contribution is 2.61. The van der Waals surface area contributed by atoms with Crippen molar-refractivity contribution >= 4 is 28.2 Å². The highest BCUT2D eigenvalue weighted by Gasteiger charge is 2.51. The number of aryl methyl sites for hydroxylation is 1. The Morgan fingerprint density at radius 1 is 1.00 bits per heavy atom. The van der Waals surface area contributed by atoms with E-state index in [1.807, 2.05) is 0 Å². The number of nitrogens with two attached hydrogens (primary N) is 1. The highest BCUT2D eigenvalue weighted by molar-refractivity contribution is 7.17. The van der Waals surface area contributed by atoms with Crippen LogP contribution < -0.4 is 11.1 Å². The van der Waals surface area contributed by atoms with Gasteiger partial charge in [-0.25, -0.2) is 0 Å². The number of hydrogen-bond acceptors (Lipinski definition) is 3. The lowest BCUT2D eigenvalue weighted by Crippen LogP contribution is -2.47. The summed E-state index contributed by atoms with van der Waals surface area (Å²) in [6.45, 7) is 0. The summed E-state index contributed by atoms with van der Waals surface area (Å²) in [6.07, 6.45) is 13.9. The molecule has 3 N–H and O–H groups in total. The summed E-state index contributed by atoms with van der Waals surface area (Å²) in [6, 6.07) is 0. The van der Waals surface area contributed by atoms with E-state index in [1.54, 1.807) is 11.3 Å². The summed E-state index contributed by atoms with van der Waals surface area (Å²) in [7, 11) is 0. The molecule has 0 aromatic carbocycles. The summed E-state index contributed by atoms with van der Waals surface area (Å²) >= 11 is 1.59. The number of anilines is 1. The number of nitrogens with one attached hydrogen (secondary N) is 1. The quantitative estimate of drug-likeness (QED) is 0.739. The molecule has 4 nitrogen and oxygen atoms in total. The van der Waals surface area contributed by atoms with Gasteiger partial charge in [0.2, 0.25) is 5.91 Å². The molecule has 1 aromatic heterocycles. The summed E-state index contributed by atoms with van der Waals surface area (Å²) in [5.74, 6) is 2.25. The second-order valence-electron chi connectivity index (χ2n) is 9.78. The first-order valence-electron chi connectivity index (χ1n) is 10.8. The molecule has 0 unspecified atom stereocenters. The Kier molecular flexibility index (Phi) is 4.34. The molecule has 1 aromatic rings. The van der Waals surface area contributed by atoms with E-state index in [-0.39, 0.29) is 17.2 Å². The summed E-state index contributed by atoms with van der Waals surface area (Å²) in [5, 5.41) is 3.84. The predicted molar refractivity (Wildman–Crippen MR) is 108 cm³/mol. The van der Waals surface area contributed by atoms with E-state index < -0.39 is 0 Å². The molecule has 4 bridgehead atoms. The van der Waals surface area contributed by atoms with Gasteiger partial charge in [0, 0.05) is 11.3 Å². The van der Waals surface area contributed by atoms with Crippen LogP contribution in [0, 0.1) is 23.2 Å². The molecule has 4 fully saturated rings. The monoisotopic (exact) mass is 386 g/mol. The maximum absolute atomic E-state index is 13.0. The van der Waals surface area contributed by atoms with E-state index in [9.17, 15) is 9.59 Å². The maximum atomic E-state index is 13.0. The second kappa shape index (κ2) is 6.61. The zero-order chi connectivity index (χ0) is 18.6. The fourth-order valence-corrected chi connectivity index (χ4v) is 8.42. The van der Waals surface area contributed by atoms with Crippen molar-refractivity contribution in [2.45, 2.75) is 77.0 Å². The third-order valence-corrected chi connectivity index (χ3v) is 8.83. The Hall–Kier alpha value is -1.36. The van der Waals surface area contributed by atoms with Gasteiger partial charge in [-0.05, 0) is 92.9 Å². The molecule has 5 heteroatoms. The Bertz CT molecular complexity index is 746. The van der Waals surface area contributed by atoms with Crippen LogP contribution in [0.15, 0.2) is 0 Å². The van der Waals surface area contributed by atoms with Crippen LogP contribution in [0.25, 0.3) is 0 Å². The molecule has 0 atom stereocenters. The van der Waals surface area contributed by atoms with Crippen LogP contribution in [0.2, 0.25) is 0 Å². The number of amides is 2. The third kappa shape index (κ3) is 3.22. The number of thiophene rings is 1. The predicted octanol–water partition coefficient (Wildman–Crippen LogP) is 4.66. The SMILES string of the molecule is NC(=O)c1c(NC(=O)CC23CC4CC(CC(C4)C2)C3)sc2c1CCCCC2. The van der Waals surface area contributed by atoms with Gasteiger partial charge in [-0.3, -0.25) is 9.59 Å². The molecule has 146 valence electrons. The lowest BCUT2D eigenvalue weighted by molar-refractivity contribution is -0.124. The van der Waals surface area contributed by atoms with Crippen LogP contribution in [0.5, 0.6) is 0 Å². The van der Waals surface area contributed by atoms with Crippen molar-refractivity contribution < 1.29 is 9.59 Å². The van der Waals surface area contributed by atoms with Crippen LogP contribution in [-0.4, -0.2) is 11.8 Å². The molecule has 0 radical (unpaired) electrons. The topological polar surface area (TPSA) is 72.2 Å². The molecule has 0 saturated heterocycles. The first kappa shape index (κ1) is 17.7. The third-order valence-electron chi connectivity index (χ3n) is 7.62. The van der Waals surface area contributed by atoms with Crippen molar-refractivity contribution in [3.8, 4) is 0 Å². The standard InChI is InChI=1S/C22H30N2O2S/c23-20(26)19-16-4-2-1-3-5-17(16)27-21(19)24-18(25)12-22-9-13-6-14(10-22)8-15(7-13)11-22/h13-15H,1-12H2,(H2,23,26)(H,24,25). The minimum absolute atomic E-state index is 0.0934. The fourth-order valence-electron chi connectivity index (χ4n) is 7.11. The second-order valence-corrected chi connectivity index (χ2v) is 10.9. The van der Waals surface area contributed by atoms with Crippen LogP contribution in [0.3, 0.4) is 0 Å². The van der Waals surface area contributed by atoms with Gasteiger partial charge in [-0.15, -0.1) is 11.3 Å². The number of rotatable bonds is 4. The Morgan fingerprint density at radius 3 is 2.26 bits per heavy atom. The molecule has 27 heavy (non-hydrogen) atoms. The largest absolute Gasteiger partial charge is 0.365 e. The molecule has 2 amide bonds. The molecule has 4 saturated carbocycles. The lowest BCUT2D eigenvalue weighted by Gasteiger charge is -2.56. The minimum Gasteiger partial charge on any atom is -0.365 e. The summed E-state index contributed by atoms with van der Waals surface area (Å²) < 4.78 is 0. The van der Waals surface area contributed by atoms with E-state index in [4.69, 9.17) is 5.73 Å². The van der Waals surface area contributed by atoms with Crippen molar-refractivity contribution in [1.82, 2.24) is 0 Å². The number of primary amides is 1. The summed E-state index contributed by atoms with van der Waals surface area (Å²) in [4.78, 5) is 26.4. The lowest BCUT2D eigenvalue weighted by atomic mass is 9.49. The minimum atomic E-state index is -0.389. The zero-order valence-corrected chi connectivity index (χ0v) is 16.8. The molecule has 5 aliphatic carbocycles. The van der Waals surface area contributed by atoms with Crippen LogP contribution >= 0.6 is 11.3 Å². The fraction of sp³-hybridized carbons (Fsp3) is 0.727. The van der Waals surface area contributed by atoms with Gasteiger partial charge >= 0.3 is 0 Å². The van der Waals surface area contributed by atoms with E-state index in [2.05, 4.69) is 5.32 Å². The molecule has 1 heterocycles. The number of carbonyl (C=O) groups is 2. The van der Waals surface area contributed by atoms with Crippen molar-refractivity contribution in [2.75, 3.05) is 5.32 Å². The molecular formula is C22H30N2O2S. The van der Waals surface area contributed by atoms with E-state index >= 15 is 0 Å². The van der Waals surface area contributed by atoms with Crippen molar-refractivity contribution in [3.05, 3.63) is 16.0 Å². The number of fused-ring (bicyclic) bond motifs is 1. The van der Waals surface area contributed by atoms with E-state index in [0.717, 1.165) is 49.0 Å².